The Morgan fingerprint density at radius 2 is 1.96 bits per heavy atom. The van der Waals surface area contributed by atoms with Crippen LogP contribution in [-0.2, 0) is 23.1 Å². The third-order valence-electron chi connectivity index (χ3n) is 10.9. The van der Waals surface area contributed by atoms with Crippen LogP contribution in [0.25, 0.3) is 0 Å². The molecule has 246 valence electrons. The Balaban J connectivity index is 1.23. The van der Waals surface area contributed by atoms with Crippen LogP contribution in [0.3, 0.4) is 0 Å². The number of aryl methyl sites for hydroxylation is 1. The van der Waals surface area contributed by atoms with Crippen LogP contribution < -0.4 is 20.1 Å². The standard InChI is InChI=1S/C38H48ClN3O4/c1-25(24-46-34-12-17-41-33-9-4-6-26(2)35(33)34)20-28-21-27-10-11-31(45-19-18-40-3)23-32(27)37(28)13-15-38(16-14-37,36(43)44)42-30-8-5-7-29(39)22-30/h5,7-8,10-12,17,22-23,25-26,28,40,42H,4,6,9,13-16,18-21,24H2,1-3H3,(H,43,44)/t25-,26+,28+,37?,38?/m1/s1. The summed E-state index contributed by atoms with van der Waals surface area (Å²) in [5.74, 6) is 2.26. The van der Waals surface area contributed by atoms with Crippen LogP contribution in [0.4, 0.5) is 5.69 Å². The van der Waals surface area contributed by atoms with E-state index in [1.165, 1.54) is 35.2 Å². The van der Waals surface area contributed by atoms with Crippen LogP contribution in [0, 0.1) is 11.8 Å². The zero-order valence-electron chi connectivity index (χ0n) is 27.4. The number of pyridine rings is 1. The number of likely N-dealkylation sites (N-methyl/N-ethyl adjacent to an activating group) is 1. The summed E-state index contributed by atoms with van der Waals surface area (Å²) >= 11 is 6.26. The average molecular weight is 646 g/mol. The molecule has 0 aliphatic heterocycles. The molecule has 46 heavy (non-hydrogen) atoms. The predicted octanol–water partition coefficient (Wildman–Crippen LogP) is 7.80. The number of rotatable bonds is 12. The van der Waals surface area contributed by atoms with Gasteiger partial charge in [-0.25, -0.2) is 4.79 Å². The Bertz CT molecular complexity index is 1540. The molecule has 3 aromatic rings. The van der Waals surface area contributed by atoms with Gasteiger partial charge >= 0.3 is 5.97 Å². The molecule has 2 aromatic carbocycles. The van der Waals surface area contributed by atoms with E-state index >= 15 is 0 Å². The molecule has 0 bridgehead atoms. The number of halogens is 1. The second kappa shape index (κ2) is 13.8. The Morgan fingerprint density at radius 3 is 2.72 bits per heavy atom. The van der Waals surface area contributed by atoms with E-state index in [0.29, 0.717) is 48.8 Å². The van der Waals surface area contributed by atoms with Crippen LogP contribution in [0.2, 0.25) is 5.02 Å². The Kier molecular flexibility index (Phi) is 9.81. The summed E-state index contributed by atoms with van der Waals surface area (Å²) in [6.45, 7) is 6.61. The van der Waals surface area contributed by atoms with E-state index in [2.05, 4.69) is 47.7 Å². The summed E-state index contributed by atoms with van der Waals surface area (Å²) in [5, 5.41) is 17.7. The van der Waals surface area contributed by atoms with Crippen LogP contribution >= 0.6 is 11.6 Å². The molecule has 1 fully saturated rings. The van der Waals surface area contributed by atoms with Crippen molar-refractivity contribution < 1.29 is 19.4 Å². The Hall–Kier alpha value is -3.29. The number of aromatic nitrogens is 1. The minimum absolute atomic E-state index is 0.120. The summed E-state index contributed by atoms with van der Waals surface area (Å²) in [6, 6.07) is 16.0. The monoisotopic (exact) mass is 645 g/mol. The normalized spacial score (nSPS) is 25.8. The fraction of sp³-hybridized carbons (Fsp3) is 0.526. The number of carboxylic acids is 1. The maximum atomic E-state index is 12.9. The lowest BCUT2D eigenvalue weighted by Crippen LogP contribution is -2.53. The van der Waals surface area contributed by atoms with Crippen molar-refractivity contribution in [2.24, 2.45) is 11.8 Å². The number of anilines is 1. The number of carboxylic acid groups (broad SMARTS) is 1. The van der Waals surface area contributed by atoms with Crippen molar-refractivity contribution >= 4 is 23.3 Å². The molecule has 1 heterocycles. The summed E-state index contributed by atoms with van der Waals surface area (Å²) in [6.07, 6.45) is 9.91. The van der Waals surface area contributed by atoms with Crippen LogP contribution in [0.15, 0.2) is 54.7 Å². The van der Waals surface area contributed by atoms with Crippen molar-refractivity contribution in [2.45, 2.75) is 88.5 Å². The van der Waals surface area contributed by atoms with Gasteiger partial charge in [0.05, 0.1) is 6.61 Å². The highest BCUT2D eigenvalue weighted by molar-refractivity contribution is 6.30. The summed E-state index contributed by atoms with van der Waals surface area (Å²) < 4.78 is 12.7. The van der Waals surface area contributed by atoms with Crippen molar-refractivity contribution in [3.8, 4) is 11.5 Å². The largest absolute Gasteiger partial charge is 0.493 e. The molecule has 1 aromatic heterocycles. The zero-order valence-corrected chi connectivity index (χ0v) is 28.2. The first-order valence-corrected chi connectivity index (χ1v) is 17.4. The first-order valence-electron chi connectivity index (χ1n) is 17.0. The zero-order chi connectivity index (χ0) is 32.3. The van der Waals surface area contributed by atoms with E-state index in [-0.39, 0.29) is 5.41 Å². The highest BCUT2D eigenvalue weighted by atomic mass is 35.5. The number of aliphatic carboxylic acids is 1. The lowest BCUT2D eigenvalue weighted by atomic mass is 9.59. The van der Waals surface area contributed by atoms with Gasteiger partial charge in [-0.05, 0) is 136 Å². The molecule has 0 amide bonds. The molecule has 1 spiro atoms. The Labute approximate surface area is 278 Å². The summed E-state index contributed by atoms with van der Waals surface area (Å²) in [4.78, 5) is 17.5. The quantitative estimate of drug-likeness (QED) is 0.173. The van der Waals surface area contributed by atoms with Crippen molar-refractivity contribution in [1.82, 2.24) is 10.3 Å². The molecule has 3 N–H and O–H groups in total. The van der Waals surface area contributed by atoms with E-state index in [1.54, 1.807) is 12.1 Å². The van der Waals surface area contributed by atoms with Gasteiger partial charge in [-0.2, -0.15) is 0 Å². The number of nitrogens with zero attached hydrogens (tertiary/aromatic N) is 1. The molecule has 0 radical (unpaired) electrons. The van der Waals surface area contributed by atoms with Gasteiger partial charge in [0.2, 0.25) is 0 Å². The maximum Gasteiger partial charge on any atom is 0.329 e. The van der Waals surface area contributed by atoms with Crippen molar-refractivity contribution in [2.75, 3.05) is 32.1 Å². The highest BCUT2D eigenvalue weighted by Gasteiger charge is 2.54. The fourth-order valence-corrected chi connectivity index (χ4v) is 8.63. The molecule has 1 saturated carbocycles. The van der Waals surface area contributed by atoms with Gasteiger partial charge in [0, 0.05) is 34.7 Å². The number of carbonyl (C=O) groups is 1. The predicted molar refractivity (Wildman–Crippen MR) is 184 cm³/mol. The summed E-state index contributed by atoms with van der Waals surface area (Å²) in [7, 11) is 1.93. The molecular formula is C38H48ClN3O4. The third-order valence-corrected chi connectivity index (χ3v) is 11.1. The molecule has 0 unspecified atom stereocenters. The fourth-order valence-electron chi connectivity index (χ4n) is 8.44. The number of fused-ring (bicyclic) bond motifs is 3. The highest BCUT2D eigenvalue weighted by Crippen LogP contribution is 2.56. The maximum absolute atomic E-state index is 12.9. The van der Waals surface area contributed by atoms with Gasteiger partial charge < -0.3 is 25.2 Å². The minimum atomic E-state index is -1.05. The SMILES string of the molecule is CNCCOc1ccc2c(c1)C1(CCC(Nc3cccc(Cl)c3)(C(=O)O)CC1)[C@@H](C[C@@H](C)COc1ccnc3c1[C@@H](C)CCC3)C2. The van der Waals surface area contributed by atoms with Gasteiger partial charge in [0.15, 0.2) is 0 Å². The second-order valence-electron chi connectivity index (χ2n) is 14.0. The van der Waals surface area contributed by atoms with E-state index in [4.69, 9.17) is 21.1 Å². The number of ether oxygens (including phenoxy) is 2. The van der Waals surface area contributed by atoms with Gasteiger partial charge in [0.1, 0.15) is 23.6 Å². The van der Waals surface area contributed by atoms with Crippen molar-refractivity contribution in [3.05, 3.63) is 82.1 Å². The van der Waals surface area contributed by atoms with Crippen molar-refractivity contribution in [3.63, 3.8) is 0 Å². The van der Waals surface area contributed by atoms with Crippen molar-refractivity contribution in [1.29, 1.82) is 0 Å². The number of hydrogen-bond donors (Lipinski definition) is 3. The molecule has 3 aliphatic carbocycles. The first kappa shape index (κ1) is 32.6. The topological polar surface area (TPSA) is 92.7 Å². The third kappa shape index (κ3) is 6.59. The van der Waals surface area contributed by atoms with Gasteiger partial charge in [0.25, 0.3) is 0 Å². The smallest absolute Gasteiger partial charge is 0.329 e. The second-order valence-corrected chi connectivity index (χ2v) is 14.4. The van der Waals surface area contributed by atoms with Crippen LogP contribution in [0.1, 0.15) is 87.1 Å². The van der Waals surface area contributed by atoms with E-state index < -0.39 is 11.5 Å². The van der Waals surface area contributed by atoms with E-state index in [1.807, 2.05) is 31.4 Å². The molecule has 8 heteroatoms. The first-order chi connectivity index (χ1) is 22.2. The minimum Gasteiger partial charge on any atom is -0.493 e. The molecule has 3 atom stereocenters. The van der Waals surface area contributed by atoms with Gasteiger partial charge in [-0.3, -0.25) is 4.98 Å². The molecular weight excluding hydrogens is 598 g/mol. The molecule has 0 saturated heterocycles. The van der Waals surface area contributed by atoms with Crippen LogP contribution in [0.5, 0.6) is 11.5 Å². The van der Waals surface area contributed by atoms with Crippen LogP contribution in [-0.4, -0.2) is 48.4 Å². The van der Waals surface area contributed by atoms with Gasteiger partial charge in [-0.15, -0.1) is 0 Å². The summed E-state index contributed by atoms with van der Waals surface area (Å²) in [5.41, 5.74) is 4.76. The van der Waals surface area contributed by atoms with Gasteiger partial charge in [-0.1, -0.05) is 37.6 Å². The molecule has 7 nitrogen and oxygen atoms in total. The lowest BCUT2D eigenvalue weighted by Gasteiger charge is -2.47. The van der Waals surface area contributed by atoms with E-state index in [0.717, 1.165) is 55.8 Å². The lowest BCUT2D eigenvalue weighted by molar-refractivity contribution is -0.144. The number of nitrogens with one attached hydrogen (secondary N) is 2. The average Bonchev–Trinajstić information content (AvgIpc) is 3.32. The molecule has 6 rings (SSSR count). The number of hydrogen-bond acceptors (Lipinski definition) is 6. The number of benzene rings is 2. The van der Waals surface area contributed by atoms with E-state index in [9.17, 15) is 9.90 Å². The molecule has 3 aliphatic rings. The Morgan fingerprint density at radius 1 is 1.13 bits per heavy atom.